The Morgan fingerprint density at radius 1 is 1.17 bits per heavy atom. The molecule has 2 amide bonds. The molecule has 0 saturated carbocycles. The van der Waals surface area contributed by atoms with E-state index in [1.807, 2.05) is 21.9 Å². The van der Waals surface area contributed by atoms with E-state index in [0.717, 1.165) is 38.8 Å². The summed E-state index contributed by atoms with van der Waals surface area (Å²) in [5.41, 5.74) is 1.31. The van der Waals surface area contributed by atoms with E-state index in [0.29, 0.717) is 31.2 Å². The third-order valence-electron chi connectivity index (χ3n) is 6.27. The van der Waals surface area contributed by atoms with E-state index < -0.39 is 0 Å². The van der Waals surface area contributed by atoms with Gasteiger partial charge in [-0.3, -0.25) is 14.6 Å². The maximum absolute atomic E-state index is 12.7. The fourth-order valence-corrected chi connectivity index (χ4v) is 4.41. The summed E-state index contributed by atoms with van der Waals surface area (Å²) in [6.07, 6.45) is 7.75. The maximum atomic E-state index is 12.7. The number of pyridine rings is 1. The highest BCUT2D eigenvalue weighted by molar-refractivity contribution is 5.91. The number of ether oxygens (including phenoxy) is 1. The number of methoxy groups -OCH3 is 1. The summed E-state index contributed by atoms with van der Waals surface area (Å²) in [5.74, 6) is 0.809. The van der Waals surface area contributed by atoms with E-state index in [1.165, 1.54) is 12.7 Å². The van der Waals surface area contributed by atoms with Crippen LogP contribution in [0.25, 0.3) is 0 Å². The molecular formula is C22H27N3O4. The number of hydrogen-bond donors (Lipinski definition) is 0. The maximum Gasteiger partial charge on any atom is 0.289 e. The summed E-state index contributed by atoms with van der Waals surface area (Å²) in [4.78, 5) is 33.0. The highest BCUT2D eigenvalue weighted by Gasteiger charge is 2.41. The van der Waals surface area contributed by atoms with Crippen LogP contribution in [0.5, 0.6) is 5.95 Å². The monoisotopic (exact) mass is 397 g/mol. The minimum absolute atomic E-state index is 0.0930. The van der Waals surface area contributed by atoms with Crippen molar-refractivity contribution in [1.82, 2.24) is 14.8 Å². The van der Waals surface area contributed by atoms with Gasteiger partial charge in [0.1, 0.15) is 0 Å². The molecule has 2 fully saturated rings. The highest BCUT2D eigenvalue weighted by Crippen LogP contribution is 2.40. The molecule has 0 bridgehead atoms. The molecule has 4 heterocycles. The van der Waals surface area contributed by atoms with Crippen molar-refractivity contribution in [3.8, 4) is 5.95 Å². The quantitative estimate of drug-likeness (QED) is 0.775. The molecule has 0 unspecified atom stereocenters. The average molecular weight is 397 g/mol. The van der Waals surface area contributed by atoms with Crippen LogP contribution in [-0.2, 0) is 11.2 Å². The summed E-state index contributed by atoms with van der Waals surface area (Å²) in [7, 11) is 1.52. The fourth-order valence-electron chi connectivity index (χ4n) is 4.41. The van der Waals surface area contributed by atoms with Crippen LogP contribution < -0.4 is 4.74 Å². The molecule has 0 atom stereocenters. The normalized spacial score (nSPS) is 18.9. The van der Waals surface area contributed by atoms with Crippen LogP contribution in [0.15, 0.2) is 41.1 Å². The largest absolute Gasteiger partial charge is 0.468 e. The predicted octanol–water partition coefficient (Wildman–Crippen LogP) is 2.77. The van der Waals surface area contributed by atoms with Crippen molar-refractivity contribution in [1.29, 1.82) is 0 Å². The lowest BCUT2D eigenvalue weighted by Crippen LogP contribution is -2.52. The number of carbonyl (C=O) groups excluding carboxylic acids is 2. The van der Waals surface area contributed by atoms with Crippen molar-refractivity contribution in [3.63, 3.8) is 0 Å². The summed E-state index contributed by atoms with van der Waals surface area (Å²) >= 11 is 0. The number of hydrogen-bond acceptors (Lipinski definition) is 5. The Balaban J connectivity index is 1.34. The molecule has 7 heteroatoms. The first-order valence-electron chi connectivity index (χ1n) is 10.2. The Morgan fingerprint density at radius 2 is 1.93 bits per heavy atom. The summed E-state index contributed by atoms with van der Waals surface area (Å²) < 4.78 is 10.4. The molecule has 29 heavy (non-hydrogen) atoms. The molecule has 2 aliphatic heterocycles. The average Bonchev–Trinajstić information content (AvgIpc) is 3.25. The van der Waals surface area contributed by atoms with Gasteiger partial charge in [0.2, 0.25) is 5.91 Å². The number of rotatable bonds is 5. The van der Waals surface area contributed by atoms with E-state index in [-0.39, 0.29) is 17.2 Å². The second-order valence-electron chi connectivity index (χ2n) is 8.04. The Bertz CT molecular complexity index is 856. The van der Waals surface area contributed by atoms with Crippen molar-refractivity contribution >= 4 is 11.8 Å². The third-order valence-corrected chi connectivity index (χ3v) is 6.27. The number of carbonyl (C=O) groups is 2. The van der Waals surface area contributed by atoms with Gasteiger partial charge in [-0.2, -0.15) is 0 Å². The molecule has 0 aromatic carbocycles. The van der Waals surface area contributed by atoms with Crippen LogP contribution in [0.4, 0.5) is 0 Å². The molecule has 2 aromatic heterocycles. The van der Waals surface area contributed by atoms with E-state index >= 15 is 0 Å². The van der Waals surface area contributed by atoms with E-state index in [1.54, 1.807) is 24.5 Å². The second-order valence-corrected chi connectivity index (χ2v) is 8.04. The van der Waals surface area contributed by atoms with Crippen molar-refractivity contribution in [3.05, 3.63) is 48.0 Å². The van der Waals surface area contributed by atoms with Gasteiger partial charge in [-0.05, 0) is 54.9 Å². The fraction of sp³-hybridized carbons (Fsp3) is 0.500. The van der Waals surface area contributed by atoms with Crippen LogP contribution in [0.3, 0.4) is 0 Å². The molecule has 154 valence electrons. The molecule has 2 aromatic rings. The van der Waals surface area contributed by atoms with Crippen LogP contribution in [-0.4, -0.2) is 59.9 Å². The van der Waals surface area contributed by atoms with E-state index in [2.05, 4.69) is 4.98 Å². The van der Waals surface area contributed by atoms with Crippen LogP contribution in [0, 0.1) is 5.41 Å². The number of nitrogens with zero attached hydrogens (tertiary/aromatic N) is 3. The number of likely N-dealkylation sites (tertiary alicyclic amines) is 2. The lowest BCUT2D eigenvalue weighted by molar-refractivity contribution is -0.138. The number of aromatic nitrogens is 1. The minimum atomic E-state index is -0.0930. The van der Waals surface area contributed by atoms with Gasteiger partial charge >= 0.3 is 0 Å². The lowest BCUT2D eigenvalue weighted by Gasteiger charge is -2.47. The van der Waals surface area contributed by atoms with Crippen LogP contribution >= 0.6 is 0 Å². The van der Waals surface area contributed by atoms with Crippen molar-refractivity contribution in [2.24, 2.45) is 5.41 Å². The number of piperidine rings is 2. The minimum Gasteiger partial charge on any atom is -0.468 e. The van der Waals surface area contributed by atoms with E-state index in [9.17, 15) is 9.59 Å². The van der Waals surface area contributed by atoms with Crippen molar-refractivity contribution in [2.45, 2.75) is 32.1 Å². The molecule has 1 spiro atoms. The zero-order chi connectivity index (χ0) is 20.3. The van der Waals surface area contributed by atoms with Gasteiger partial charge in [0.15, 0.2) is 5.76 Å². The molecule has 0 radical (unpaired) electrons. The van der Waals surface area contributed by atoms with Gasteiger partial charge in [0, 0.05) is 51.1 Å². The molecule has 0 aliphatic carbocycles. The van der Waals surface area contributed by atoms with Gasteiger partial charge in [0.05, 0.1) is 7.11 Å². The van der Waals surface area contributed by atoms with Gasteiger partial charge in [-0.1, -0.05) is 0 Å². The Hall–Kier alpha value is -2.83. The second kappa shape index (κ2) is 8.27. The van der Waals surface area contributed by atoms with Gasteiger partial charge in [-0.15, -0.1) is 0 Å². The first-order valence-corrected chi connectivity index (χ1v) is 10.2. The molecule has 2 aliphatic rings. The molecule has 0 N–H and O–H groups in total. The molecular weight excluding hydrogens is 370 g/mol. The summed E-state index contributed by atoms with van der Waals surface area (Å²) in [6, 6.07) is 7.31. The van der Waals surface area contributed by atoms with Gasteiger partial charge < -0.3 is 19.0 Å². The topological polar surface area (TPSA) is 75.9 Å². The molecule has 7 nitrogen and oxygen atoms in total. The zero-order valence-electron chi connectivity index (χ0n) is 16.8. The summed E-state index contributed by atoms with van der Waals surface area (Å²) in [5, 5.41) is 0. The third kappa shape index (κ3) is 4.28. The SMILES string of the molecule is COc1ccc(C(=O)N2CCC3(CCC(=O)N(CCc4ccncc4)C3)CC2)o1. The van der Waals surface area contributed by atoms with Crippen LogP contribution in [0.2, 0.25) is 0 Å². The Morgan fingerprint density at radius 3 is 2.62 bits per heavy atom. The Labute approximate surface area is 170 Å². The standard InChI is InChI=1S/C22H27N3O4/c1-28-20-3-2-18(29-20)21(27)24-14-9-22(10-15-24)8-4-19(26)25(16-22)13-7-17-5-11-23-12-6-17/h2-3,5-6,11-12H,4,7-10,13-16H2,1H3. The van der Waals surface area contributed by atoms with Gasteiger partial charge in [0.25, 0.3) is 11.9 Å². The van der Waals surface area contributed by atoms with Gasteiger partial charge in [-0.25, -0.2) is 0 Å². The van der Waals surface area contributed by atoms with Crippen LogP contribution in [0.1, 0.15) is 41.8 Å². The highest BCUT2D eigenvalue weighted by atomic mass is 16.6. The molecule has 2 saturated heterocycles. The van der Waals surface area contributed by atoms with Crippen molar-refractivity contribution in [2.75, 3.05) is 33.3 Å². The molecule has 4 rings (SSSR count). The lowest BCUT2D eigenvalue weighted by atomic mass is 9.72. The smallest absolute Gasteiger partial charge is 0.289 e. The number of furan rings is 1. The zero-order valence-corrected chi connectivity index (χ0v) is 16.8. The number of amides is 2. The summed E-state index contributed by atoms with van der Waals surface area (Å²) in [6.45, 7) is 2.90. The first kappa shape index (κ1) is 19.5. The Kier molecular flexibility index (Phi) is 5.56. The van der Waals surface area contributed by atoms with Crippen molar-refractivity contribution < 1.29 is 18.7 Å². The predicted molar refractivity (Wildman–Crippen MR) is 107 cm³/mol. The van der Waals surface area contributed by atoms with E-state index in [4.69, 9.17) is 9.15 Å². The first-order chi connectivity index (χ1) is 14.1.